The van der Waals surface area contributed by atoms with Crippen LogP contribution in [0.1, 0.15) is 19.3 Å². The second-order valence-corrected chi connectivity index (χ2v) is 5.63. The Bertz CT molecular complexity index is 502. The predicted octanol–water partition coefficient (Wildman–Crippen LogP) is 1.36. The van der Waals surface area contributed by atoms with Crippen molar-refractivity contribution in [1.29, 1.82) is 0 Å². The van der Waals surface area contributed by atoms with Crippen molar-refractivity contribution in [3.63, 3.8) is 0 Å². The molecule has 5 nitrogen and oxygen atoms in total. The molecule has 0 aromatic heterocycles. The van der Waals surface area contributed by atoms with Gasteiger partial charge < -0.3 is 19.7 Å². The van der Waals surface area contributed by atoms with Gasteiger partial charge in [0.25, 0.3) is 5.91 Å². The van der Waals surface area contributed by atoms with E-state index in [1.165, 1.54) is 31.3 Å². The SMILES string of the molecule is COc1cc(NC(=O)C[NH+]2CCCCC2)c(OC)cc1Cl. The van der Waals surface area contributed by atoms with E-state index < -0.39 is 0 Å². The Morgan fingerprint density at radius 2 is 1.86 bits per heavy atom. The minimum atomic E-state index is -0.0189. The van der Waals surface area contributed by atoms with Crippen LogP contribution in [0, 0.1) is 0 Å². The van der Waals surface area contributed by atoms with Gasteiger partial charge in [0.2, 0.25) is 0 Å². The lowest BCUT2D eigenvalue weighted by atomic mass is 10.1. The van der Waals surface area contributed by atoms with Crippen molar-refractivity contribution in [3.8, 4) is 11.5 Å². The fourth-order valence-corrected chi connectivity index (χ4v) is 2.84. The fourth-order valence-electron chi connectivity index (χ4n) is 2.61. The van der Waals surface area contributed by atoms with Crippen LogP contribution in [0.15, 0.2) is 12.1 Å². The summed E-state index contributed by atoms with van der Waals surface area (Å²) in [6.45, 7) is 2.61. The molecule has 0 unspecified atom stereocenters. The lowest BCUT2D eigenvalue weighted by Gasteiger charge is -2.23. The Labute approximate surface area is 130 Å². The summed E-state index contributed by atoms with van der Waals surface area (Å²) in [5.41, 5.74) is 0.583. The Balaban J connectivity index is 2.05. The van der Waals surface area contributed by atoms with Crippen LogP contribution in [0.2, 0.25) is 5.02 Å². The third-order valence-electron chi connectivity index (χ3n) is 3.72. The van der Waals surface area contributed by atoms with Crippen LogP contribution in [0.25, 0.3) is 0 Å². The van der Waals surface area contributed by atoms with Gasteiger partial charge in [-0.25, -0.2) is 0 Å². The van der Waals surface area contributed by atoms with Crippen molar-refractivity contribution in [2.24, 2.45) is 0 Å². The Morgan fingerprint density at radius 3 is 2.48 bits per heavy atom. The minimum Gasteiger partial charge on any atom is -0.495 e. The molecule has 1 aromatic carbocycles. The third-order valence-corrected chi connectivity index (χ3v) is 4.01. The molecule has 0 aliphatic carbocycles. The van der Waals surface area contributed by atoms with Gasteiger partial charge in [0.05, 0.1) is 38.0 Å². The number of hydrogen-bond donors (Lipinski definition) is 2. The molecular formula is C15H22ClN2O3+. The molecule has 21 heavy (non-hydrogen) atoms. The fraction of sp³-hybridized carbons (Fsp3) is 0.533. The Kier molecular flexibility index (Phi) is 5.70. The van der Waals surface area contributed by atoms with Crippen molar-refractivity contribution in [1.82, 2.24) is 0 Å². The zero-order valence-corrected chi connectivity index (χ0v) is 13.3. The summed E-state index contributed by atoms with van der Waals surface area (Å²) in [4.78, 5) is 13.5. The number of benzene rings is 1. The molecule has 0 saturated carbocycles. The molecule has 0 spiro atoms. The van der Waals surface area contributed by atoms with E-state index in [-0.39, 0.29) is 5.91 Å². The number of carbonyl (C=O) groups excluding carboxylic acids is 1. The quantitative estimate of drug-likeness (QED) is 0.863. The van der Waals surface area contributed by atoms with Gasteiger partial charge in [0.1, 0.15) is 11.5 Å². The second kappa shape index (κ2) is 7.52. The highest BCUT2D eigenvalue weighted by atomic mass is 35.5. The zero-order chi connectivity index (χ0) is 15.2. The van der Waals surface area contributed by atoms with E-state index in [4.69, 9.17) is 21.1 Å². The van der Waals surface area contributed by atoms with E-state index in [9.17, 15) is 4.79 Å². The lowest BCUT2D eigenvalue weighted by Crippen LogP contribution is -3.13. The lowest BCUT2D eigenvalue weighted by molar-refractivity contribution is -0.896. The van der Waals surface area contributed by atoms with Gasteiger partial charge in [0, 0.05) is 12.1 Å². The average Bonchev–Trinajstić information content (AvgIpc) is 2.49. The van der Waals surface area contributed by atoms with Crippen molar-refractivity contribution in [2.75, 3.05) is 39.2 Å². The standard InChI is InChI=1S/C15H21ClN2O3/c1-20-13-9-12(14(21-2)8-11(13)16)17-15(19)10-18-6-4-3-5-7-18/h8-9H,3-7,10H2,1-2H3,(H,17,19)/p+1. The van der Waals surface area contributed by atoms with Gasteiger partial charge in [-0.3, -0.25) is 4.79 Å². The van der Waals surface area contributed by atoms with Crippen LogP contribution in [0.3, 0.4) is 0 Å². The molecule has 1 saturated heterocycles. The van der Waals surface area contributed by atoms with Gasteiger partial charge in [-0.05, 0) is 19.3 Å². The van der Waals surface area contributed by atoms with E-state index >= 15 is 0 Å². The number of piperidine rings is 1. The summed E-state index contributed by atoms with van der Waals surface area (Å²) in [5.74, 6) is 1.02. The number of amides is 1. The summed E-state index contributed by atoms with van der Waals surface area (Å²) in [7, 11) is 3.08. The zero-order valence-electron chi connectivity index (χ0n) is 12.5. The highest BCUT2D eigenvalue weighted by Gasteiger charge is 2.19. The maximum absolute atomic E-state index is 12.2. The summed E-state index contributed by atoms with van der Waals surface area (Å²) in [5, 5.41) is 3.34. The molecule has 0 radical (unpaired) electrons. The monoisotopic (exact) mass is 313 g/mol. The third kappa shape index (κ3) is 4.25. The van der Waals surface area contributed by atoms with E-state index in [1.807, 2.05) is 0 Å². The number of quaternary nitrogens is 1. The van der Waals surface area contributed by atoms with Gasteiger partial charge >= 0.3 is 0 Å². The summed E-state index contributed by atoms with van der Waals surface area (Å²) in [6, 6.07) is 3.33. The van der Waals surface area contributed by atoms with Crippen LogP contribution in [0.5, 0.6) is 11.5 Å². The maximum atomic E-state index is 12.2. The molecule has 1 heterocycles. The number of halogens is 1. The van der Waals surface area contributed by atoms with E-state index in [1.54, 1.807) is 19.2 Å². The number of hydrogen-bond acceptors (Lipinski definition) is 3. The minimum absolute atomic E-state index is 0.0189. The number of nitrogens with one attached hydrogen (secondary N) is 2. The first kappa shape index (κ1) is 15.9. The van der Waals surface area contributed by atoms with Gasteiger partial charge in [-0.15, -0.1) is 0 Å². The molecule has 1 fully saturated rings. The predicted molar refractivity (Wildman–Crippen MR) is 82.6 cm³/mol. The van der Waals surface area contributed by atoms with Gasteiger partial charge in [-0.1, -0.05) is 11.6 Å². The maximum Gasteiger partial charge on any atom is 0.279 e. The molecule has 2 rings (SSSR count). The van der Waals surface area contributed by atoms with Gasteiger partial charge in [0.15, 0.2) is 6.54 Å². The summed E-state index contributed by atoms with van der Waals surface area (Å²) >= 11 is 6.05. The number of rotatable bonds is 5. The molecule has 6 heteroatoms. The molecule has 116 valence electrons. The van der Waals surface area contributed by atoms with Crippen LogP contribution >= 0.6 is 11.6 Å². The molecule has 1 aliphatic rings. The first-order chi connectivity index (χ1) is 10.1. The molecule has 2 N–H and O–H groups in total. The largest absolute Gasteiger partial charge is 0.495 e. The summed E-state index contributed by atoms with van der Waals surface area (Å²) in [6.07, 6.45) is 3.66. The van der Waals surface area contributed by atoms with E-state index in [0.29, 0.717) is 28.8 Å². The number of carbonyl (C=O) groups is 1. The van der Waals surface area contributed by atoms with Crippen LogP contribution in [-0.4, -0.2) is 39.8 Å². The number of likely N-dealkylation sites (tertiary alicyclic amines) is 1. The van der Waals surface area contributed by atoms with Gasteiger partial charge in [-0.2, -0.15) is 0 Å². The molecule has 0 bridgehead atoms. The Morgan fingerprint density at radius 1 is 1.19 bits per heavy atom. The first-order valence-corrected chi connectivity index (χ1v) is 7.56. The van der Waals surface area contributed by atoms with Crippen molar-refractivity contribution in [3.05, 3.63) is 17.2 Å². The van der Waals surface area contributed by atoms with E-state index in [0.717, 1.165) is 13.1 Å². The summed E-state index contributed by atoms with van der Waals surface area (Å²) < 4.78 is 10.4. The normalized spacial score (nSPS) is 15.6. The van der Waals surface area contributed by atoms with Crippen LogP contribution in [-0.2, 0) is 4.79 Å². The highest BCUT2D eigenvalue weighted by Crippen LogP contribution is 2.35. The first-order valence-electron chi connectivity index (χ1n) is 7.19. The molecular weight excluding hydrogens is 292 g/mol. The average molecular weight is 314 g/mol. The molecule has 0 atom stereocenters. The second-order valence-electron chi connectivity index (χ2n) is 5.22. The topological polar surface area (TPSA) is 52.0 Å². The van der Waals surface area contributed by atoms with Crippen molar-refractivity contribution >= 4 is 23.2 Å². The Hall–Kier alpha value is -1.46. The van der Waals surface area contributed by atoms with Crippen LogP contribution in [0.4, 0.5) is 5.69 Å². The van der Waals surface area contributed by atoms with Crippen molar-refractivity contribution in [2.45, 2.75) is 19.3 Å². The highest BCUT2D eigenvalue weighted by molar-refractivity contribution is 6.32. The molecule has 1 aromatic rings. The van der Waals surface area contributed by atoms with E-state index in [2.05, 4.69) is 5.32 Å². The smallest absolute Gasteiger partial charge is 0.279 e. The number of anilines is 1. The van der Waals surface area contributed by atoms with Crippen molar-refractivity contribution < 1.29 is 19.2 Å². The number of ether oxygens (including phenoxy) is 2. The number of methoxy groups -OCH3 is 2. The molecule has 1 amide bonds. The molecule has 1 aliphatic heterocycles. The van der Waals surface area contributed by atoms with Crippen LogP contribution < -0.4 is 19.7 Å².